The number of aromatic amines is 1. The first kappa shape index (κ1) is 12.4. The molecule has 0 atom stereocenters. The summed E-state index contributed by atoms with van der Waals surface area (Å²) in [6.45, 7) is 0.506. The van der Waals surface area contributed by atoms with Crippen LogP contribution in [-0.4, -0.2) is 30.9 Å². The van der Waals surface area contributed by atoms with Crippen molar-refractivity contribution in [1.82, 2.24) is 9.97 Å². The van der Waals surface area contributed by atoms with Crippen LogP contribution in [0.1, 0.15) is 12.8 Å². The number of anilines is 1. The second kappa shape index (κ2) is 4.50. The Balaban J connectivity index is 1.80. The maximum Gasteiger partial charge on any atom is 0.235 e. The van der Waals surface area contributed by atoms with Crippen LogP contribution in [0.3, 0.4) is 0 Å². The Kier molecular flexibility index (Phi) is 2.94. The molecule has 0 unspecified atom stereocenters. The Bertz CT molecular complexity index is 704. The van der Waals surface area contributed by atoms with Gasteiger partial charge >= 0.3 is 0 Å². The lowest BCUT2D eigenvalue weighted by Gasteiger charge is -2.02. The highest BCUT2D eigenvalue weighted by Gasteiger charge is 2.24. The van der Waals surface area contributed by atoms with Crippen LogP contribution in [0.25, 0.3) is 11.0 Å². The van der Waals surface area contributed by atoms with Gasteiger partial charge in [-0.05, 0) is 37.0 Å². The van der Waals surface area contributed by atoms with E-state index in [4.69, 9.17) is 10.5 Å². The van der Waals surface area contributed by atoms with Gasteiger partial charge in [0.15, 0.2) is 5.94 Å². The predicted molar refractivity (Wildman–Crippen MR) is 71.2 cm³/mol. The van der Waals surface area contributed by atoms with Crippen molar-refractivity contribution >= 4 is 26.6 Å². The van der Waals surface area contributed by atoms with Crippen LogP contribution in [0.5, 0.6) is 0 Å². The summed E-state index contributed by atoms with van der Waals surface area (Å²) >= 11 is 0. The number of imidazole rings is 1. The summed E-state index contributed by atoms with van der Waals surface area (Å²) in [5.74, 6) is 0.199. The van der Waals surface area contributed by atoms with Gasteiger partial charge in [-0.3, -0.25) is 0 Å². The number of nitrogen functional groups attached to an aromatic ring is 1. The number of benzene rings is 1. The van der Waals surface area contributed by atoms with Gasteiger partial charge in [-0.15, -0.1) is 0 Å². The fourth-order valence-corrected chi connectivity index (χ4v) is 2.75. The normalized spacial score (nSPS) is 16.0. The van der Waals surface area contributed by atoms with Crippen LogP contribution >= 0.6 is 0 Å². The second-order valence-corrected chi connectivity index (χ2v) is 6.72. The Hall–Kier alpha value is -1.60. The number of nitrogens with two attached hydrogens (primary N) is 1. The van der Waals surface area contributed by atoms with Crippen LogP contribution in [0.15, 0.2) is 23.4 Å². The maximum atomic E-state index is 12.0. The van der Waals surface area contributed by atoms with Crippen molar-refractivity contribution in [3.05, 3.63) is 18.2 Å². The van der Waals surface area contributed by atoms with Crippen molar-refractivity contribution in [2.45, 2.75) is 18.0 Å². The van der Waals surface area contributed by atoms with Gasteiger partial charge in [-0.2, -0.15) is 0 Å². The minimum absolute atomic E-state index is 0.0658. The van der Waals surface area contributed by atoms with Crippen molar-refractivity contribution in [3.8, 4) is 0 Å². The van der Waals surface area contributed by atoms with E-state index in [2.05, 4.69) is 9.97 Å². The summed E-state index contributed by atoms with van der Waals surface area (Å²) in [6.07, 6.45) is 2.26. The van der Waals surface area contributed by atoms with E-state index in [0.29, 0.717) is 29.2 Å². The minimum Gasteiger partial charge on any atom is -0.399 e. The molecule has 1 fully saturated rings. The van der Waals surface area contributed by atoms with Crippen LogP contribution in [0, 0.1) is 5.92 Å². The van der Waals surface area contributed by atoms with Crippen LogP contribution < -0.4 is 5.73 Å². The standard InChI is InChI=1S/C12H15N3O3S/c13-9-3-4-10-11(5-9)15-12(14-10)19(16,17)7-18-6-8-1-2-8/h3-5,8H,1-2,6-7,13H2,(H,14,15). The van der Waals surface area contributed by atoms with E-state index in [0.717, 1.165) is 12.8 Å². The highest BCUT2D eigenvalue weighted by Crippen LogP contribution is 2.29. The third-order valence-electron chi connectivity index (χ3n) is 3.07. The molecule has 6 nitrogen and oxygen atoms in total. The molecule has 19 heavy (non-hydrogen) atoms. The summed E-state index contributed by atoms with van der Waals surface area (Å²) in [4.78, 5) is 6.83. The lowest BCUT2D eigenvalue weighted by Crippen LogP contribution is -2.12. The molecule has 102 valence electrons. The van der Waals surface area contributed by atoms with Gasteiger partial charge < -0.3 is 15.5 Å². The molecule has 1 aliphatic carbocycles. The number of H-pyrrole nitrogens is 1. The molecule has 1 aliphatic rings. The number of hydrogen-bond donors (Lipinski definition) is 2. The Morgan fingerprint density at radius 2 is 2.21 bits per heavy atom. The first-order valence-corrected chi connectivity index (χ1v) is 7.75. The molecule has 0 radical (unpaired) electrons. The number of sulfone groups is 1. The molecule has 1 heterocycles. The van der Waals surface area contributed by atoms with Crippen LogP contribution in [-0.2, 0) is 14.6 Å². The van der Waals surface area contributed by atoms with Gasteiger partial charge in [0.25, 0.3) is 0 Å². The minimum atomic E-state index is -3.53. The lowest BCUT2D eigenvalue weighted by molar-refractivity contribution is 0.165. The van der Waals surface area contributed by atoms with E-state index in [9.17, 15) is 8.42 Å². The Morgan fingerprint density at radius 3 is 2.95 bits per heavy atom. The van der Waals surface area contributed by atoms with Gasteiger partial charge in [0.05, 0.1) is 17.6 Å². The first-order valence-electron chi connectivity index (χ1n) is 6.10. The van der Waals surface area contributed by atoms with E-state index < -0.39 is 9.84 Å². The SMILES string of the molecule is Nc1ccc2nc(S(=O)(=O)COCC3CC3)[nH]c2c1. The summed E-state index contributed by atoms with van der Waals surface area (Å²) in [5, 5.41) is -0.0658. The van der Waals surface area contributed by atoms with E-state index in [1.165, 1.54) is 0 Å². The number of nitrogens with zero attached hydrogens (tertiary/aromatic N) is 1. The van der Waals surface area contributed by atoms with Gasteiger partial charge in [0.2, 0.25) is 15.0 Å². The van der Waals surface area contributed by atoms with E-state index in [1.807, 2.05) is 0 Å². The molecule has 3 rings (SSSR count). The topological polar surface area (TPSA) is 98.1 Å². The molecule has 0 bridgehead atoms. The molecule has 0 saturated heterocycles. The molecule has 1 saturated carbocycles. The lowest BCUT2D eigenvalue weighted by atomic mass is 10.3. The summed E-state index contributed by atoms with van der Waals surface area (Å²) in [5.41, 5.74) is 7.39. The molecular formula is C12H15N3O3S. The highest BCUT2D eigenvalue weighted by molar-refractivity contribution is 7.91. The number of aromatic nitrogens is 2. The molecule has 0 amide bonds. The fourth-order valence-electron chi connectivity index (χ4n) is 1.82. The molecule has 0 spiro atoms. The van der Waals surface area contributed by atoms with E-state index in [-0.39, 0.29) is 11.1 Å². The third-order valence-corrected chi connectivity index (χ3v) is 4.33. The molecule has 0 aliphatic heterocycles. The largest absolute Gasteiger partial charge is 0.399 e. The zero-order valence-electron chi connectivity index (χ0n) is 10.3. The van der Waals surface area contributed by atoms with E-state index >= 15 is 0 Å². The highest BCUT2D eigenvalue weighted by atomic mass is 32.2. The monoisotopic (exact) mass is 281 g/mol. The number of nitrogens with one attached hydrogen (secondary N) is 1. The summed E-state index contributed by atoms with van der Waals surface area (Å²) < 4.78 is 29.3. The maximum absolute atomic E-state index is 12.0. The van der Waals surface area contributed by atoms with E-state index in [1.54, 1.807) is 18.2 Å². The molecule has 3 N–H and O–H groups in total. The predicted octanol–water partition coefficient (Wildman–Crippen LogP) is 1.30. The number of fused-ring (bicyclic) bond motifs is 1. The molecule has 1 aromatic carbocycles. The van der Waals surface area contributed by atoms with Crippen LogP contribution in [0.4, 0.5) is 5.69 Å². The Morgan fingerprint density at radius 1 is 1.42 bits per heavy atom. The van der Waals surface area contributed by atoms with Crippen molar-refractivity contribution in [2.24, 2.45) is 5.92 Å². The van der Waals surface area contributed by atoms with Crippen molar-refractivity contribution in [3.63, 3.8) is 0 Å². The van der Waals surface area contributed by atoms with Gasteiger partial charge in [-0.25, -0.2) is 13.4 Å². The zero-order valence-corrected chi connectivity index (χ0v) is 11.1. The zero-order chi connectivity index (χ0) is 13.5. The van der Waals surface area contributed by atoms with Crippen molar-refractivity contribution in [2.75, 3.05) is 18.3 Å². The molecular weight excluding hydrogens is 266 g/mol. The van der Waals surface area contributed by atoms with Gasteiger partial charge in [-0.1, -0.05) is 0 Å². The average molecular weight is 281 g/mol. The number of hydrogen-bond acceptors (Lipinski definition) is 5. The van der Waals surface area contributed by atoms with Crippen molar-refractivity contribution in [1.29, 1.82) is 0 Å². The molecule has 1 aromatic heterocycles. The number of ether oxygens (including phenoxy) is 1. The average Bonchev–Trinajstić information content (AvgIpc) is 3.06. The summed E-state index contributed by atoms with van der Waals surface area (Å²) in [6, 6.07) is 5.03. The third kappa shape index (κ3) is 2.71. The fraction of sp³-hybridized carbons (Fsp3) is 0.417. The Labute approximate surface area is 110 Å². The van der Waals surface area contributed by atoms with Crippen LogP contribution in [0.2, 0.25) is 0 Å². The molecule has 2 aromatic rings. The van der Waals surface area contributed by atoms with Gasteiger partial charge in [0, 0.05) is 5.69 Å². The number of rotatable bonds is 5. The second-order valence-electron chi connectivity index (χ2n) is 4.87. The van der Waals surface area contributed by atoms with Gasteiger partial charge in [0.1, 0.15) is 0 Å². The first-order chi connectivity index (χ1) is 9.04. The quantitative estimate of drug-likeness (QED) is 0.805. The summed E-state index contributed by atoms with van der Waals surface area (Å²) in [7, 11) is -3.53. The smallest absolute Gasteiger partial charge is 0.235 e. The van der Waals surface area contributed by atoms with Crippen molar-refractivity contribution < 1.29 is 13.2 Å². The molecule has 7 heteroatoms.